The van der Waals surface area contributed by atoms with Crippen LogP contribution >= 0.6 is 0 Å². The van der Waals surface area contributed by atoms with E-state index in [1.54, 1.807) is 32.9 Å². The van der Waals surface area contributed by atoms with E-state index in [0.717, 1.165) is 0 Å². The number of sulfonamides is 1. The van der Waals surface area contributed by atoms with Gasteiger partial charge in [-0.15, -0.1) is 0 Å². The molecular formula is C23H29N3O7S. The first-order chi connectivity index (χ1) is 15.9. The van der Waals surface area contributed by atoms with Crippen molar-refractivity contribution < 1.29 is 32.3 Å². The summed E-state index contributed by atoms with van der Waals surface area (Å²) in [7, 11) is -3.75. The molecule has 1 fully saturated rings. The van der Waals surface area contributed by atoms with E-state index in [1.807, 2.05) is 0 Å². The van der Waals surface area contributed by atoms with Crippen LogP contribution in [-0.2, 0) is 24.3 Å². The normalized spacial score (nSPS) is 15.6. The molecule has 3 rings (SSSR count). The van der Waals surface area contributed by atoms with E-state index in [0.29, 0.717) is 35.6 Å². The van der Waals surface area contributed by atoms with Gasteiger partial charge in [-0.05, 0) is 57.9 Å². The number of nitrogens with zero attached hydrogens (tertiary/aromatic N) is 1. The van der Waals surface area contributed by atoms with Crippen LogP contribution in [0, 0.1) is 20.8 Å². The number of carbonyl (C=O) groups is 3. The lowest BCUT2D eigenvalue weighted by Crippen LogP contribution is -2.40. The second kappa shape index (κ2) is 10.1. The van der Waals surface area contributed by atoms with E-state index >= 15 is 0 Å². The van der Waals surface area contributed by atoms with Crippen molar-refractivity contribution in [3.05, 3.63) is 46.3 Å². The molecule has 1 atom stereocenters. The fourth-order valence-corrected chi connectivity index (χ4v) is 5.54. The molecule has 2 N–H and O–H groups in total. The molecule has 0 unspecified atom stereocenters. The number of H-pyrrole nitrogens is 1. The number of hydrogen-bond acceptors (Lipinski definition) is 7. The summed E-state index contributed by atoms with van der Waals surface area (Å²) in [6.07, 6.45) is -1.17. The summed E-state index contributed by atoms with van der Waals surface area (Å²) in [5.41, 5.74) is 2.33. The number of anilines is 1. The maximum absolute atomic E-state index is 13.1. The van der Waals surface area contributed by atoms with Gasteiger partial charge in [0.2, 0.25) is 10.0 Å². The average molecular weight is 492 g/mol. The topological polar surface area (TPSA) is 135 Å². The Balaban J connectivity index is 1.73. The van der Waals surface area contributed by atoms with Crippen LogP contribution in [0.5, 0.6) is 0 Å². The number of ether oxygens (including phenoxy) is 2. The molecule has 1 aromatic heterocycles. The zero-order chi connectivity index (χ0) is 25.2. The predicted molar refractivity (Wildman–Crippen MR) is 125 cm³/mol. The Morgan fingerprint density at radius 1 is 1.15 bits per heavy atom. The van der Waals surface area contributed by atoms with Crippen LogP contribution < -0.4 is 5.32 Å². The molecular weight excluding hydrogens is 462 g/mol. The Labute approximate surface area is 198 Å². The summed E-state index contributed by atoms with van der Waals surface area (Å²) in [6.45, 7) is 8.97. The van der Waals surface area contributed by atoms with Gasteiger partial charge in [-0.2, -0.15) is 4.31 Å². The van der Waals surface area contributed by atoms with Gasteiger partial charge in [0.1, 0.15) is 5.69 Å². The number of amides is 1. The predicted octanol–water partition coefficient (Wildman–Crippen LogP) is 2.35. The van der Waals surface area contributed by atoms with Gasteiger partial charge in [-0.1, -0.05) is 6.07 Å². The van der Waals surface area contributed by atoms with Crippen molar-refractivity contribution in [2.45, 2.75) is 45.6 Å². The molecule has 1 aromatic carbocycles. The van der Waals surface area contributed by atoms with Gasteiger partial charge in [0, 0.05) is 30.0 Å². The SMILES string of the molecule is CC(=O)c1c(C)[nH]c(C(=O)O[C@H](C)C(=O)Nc2ccc(C)c(S(=O)(=O)N3CCOCC3)c2)c1C. The third kappa shape index (κ3) is 5.21. The molecule has 2 aromatic rings. The molecule has 1 aliphatic heterocycles. The van der Waals surface area contributed by atoms with E-state index in [1.165, 1.54) is 24.2 Å². The Kier molecular flexibility index (Phi) is 7.59. The lowest BCUT2D eigenvalue weighted by molar-refractivity contribution is -0.123. The molecule has 1 saturated heterocycles. The lowest BCUT2D eigenvalue weighted by Gasteiger charge is -2.27. The third-order valence-electron chi connectivity index (χ3n) is 5.69. The maximum Gasteiger partial charge on any atom is 0.355 e. The smallest absolute Gasteiger partial charge is 0.355 e. The fraction of sp³-hybridized carbons (Fsp3) is 0.435. The van der Waals surface area contributed by atoms with Crippen LogP contribution in [0.2, 0.25) is 0 Å². The van der Waals surface area contributed by atoms with Crippen LogP contribution in [0.3, 0.4) is 0 Å². The summed E-state index contributed by atoms with van der Waals surface area (Å²) < 4.78 is 38.0. The quantitative estimate of drug-likeness (QED) is 0.448. The standard InChI is InChI=1S/C23H29N3O7S/c1-13-6-7-18(12-19(13)34(30,31)26-8-10-32-11-9-26)25-22(28)17(5)33-23(29)21-14(2)20(16(4)27)15(3)24-21/h6-7,12,17,24H,8-11H2,1-5H3,(H,25,28)/t17-/m1/s1. The number of rotatable bonds is 7. The molecule has 0 bridgehead atoms. The van der Waals surface area contributed by atoms with E-state index in [4.69, 9.17) is 9.47 Å². The Bertz CT molecular complexity index is 1230. The highest BCUT2D eigenvalue weighted by molar-refractivity contribution is 7.89. The second-order valence-corrected chi connectivity index (χ2v) is 10.1. The zero-order valence-corrected chi connectivity index (χ0v) is 20.7. The first-order valence-corrected chi connectivity index (χ1v) is 12.3. The Morgan fingerprint density at radius 3 is 2.38 bits per heavy atom. The van der Waals surface area contributed by atoms with Crippen molar-refractivity contribution >= 4 is 33.4 Å². The first kappa shape index (κ1) is 25.6. The van der Waals surface area contributed by atoms with Crippen LogP contribution in [0.25, 0.3) is 0 Å². The number of aromatic amines is 1. The van der Waals surface area contributed by atoms with Crippen LogP contribution in [0.15, 0.2) is 23.1 Å². The molecule has 0 radical (unpaired) electrons. The molecule has 10 nitrogen and oxygen atoms in total. The number of aromatic nitrogens is 1. The molecule has 184 valence electrons. The van der Waals surface area contributed by atoms with Crippen LogP contribution in [-0.4, -0.2) is 67.8 Å². The molecule has 34 heavy (non-hydrogen) atoms. The number of benzene rings is 1. The first-order valence-electron chi connectivity index (χ1n) is 10.8. The molecule has 1 amide bonds. The minimum atomic E-state index is -3.75. The van der Waals surface area contributed by atoms with Crippen LogP contribution in [0.1, 0.15) is 51.5 Å². The second-order valence-electron chi connectivity index (χ2n) is 8.21. The number of aryl methyl sites for hydroxylation is 2. The zero-order valence-electron chi connectivity index (χ0n) is 19.9. The van der Waals surface area contributed by atoms with Gasteiger partial charge in [0.15, 0.2) is 11.9 Å². The summed E-state index contributed by atoms with van der Waals surface area (Å²) >= 11 is 0. The Morgan fingerprint density at radius 2 is 1.79 bits per heavy atom. The van der Waals surface area contributed by atoms with Gasteiger partial charge in [-0.3, -0.25) is 9.59 Å². The van der Waals surface area contributed by atoms with Crippen molar-refractivity contribution in [2.24, 2.45) is 0 Å². The molecule has 1 aliphatic rings. The van der Waals surface area contributed by atoms with E-state index in [2.05, 4.69) is 10.3 Å². The van der Waals surface area contributed by atoms with E-state index in [-0.39, 0.29) is 35.1 Å². The van der Waals surface area contributed by atoms with Gasteiger partial charge in [0.05, 0.1) is 18.1 Å². The van der Waals surface area contributed by atoms with E-state index in [9.17, 15) is 22.8 Å². The summed E-state index contributed by atoms with van der Waals surface area (Å²) in [6, 6.07) is 4.58. The number of Topliss-reactive ketones (excluding diaryl/α,β-unsaturated/α-hetero) is 1. The molecule has 0 aliphatic carbocycles. The monoisotopic (exact) mass is 491 g/mol. The van der Waals surface area contributed by atoms with Crippen molar-refractivity contribution in [1.82, 2.24) is 9.29 Å². The van der Waals surface area contributed by atoms with Crippen molar-refractivity contribution in [3.8, 4) is 0 Å². The van der Waals surface area contributed by atoms with Crippen molar-refractivity contribution in [1.29, 1.82) is 0 Å². The summed E-state index contributed by atoms with van der Waals surface area (Å²) in [4.78, 5) is 40.0. The number of carbonyl (C=O) groups excluding carboxylic acids is 3. The highest BCUT2D eigenvalue weighted by atomic mass is 32.2. The number of nitrogens with one attached hydrogen (secondary N) is 2. The number of morpholine rings is 1. The minimum Gasteiger partial charge on any atom is -0.448 e. The highest BCUT2D eigenvalue weighted by Crippen LogP contribution is 2.25. The number of ketones is 1. The fourth-order valence-electron chi connectivity index (χ4n) is 3.88. The van der Waals surface area contributed by atoms with Gasteiger partial charge < -0.3 is 19.8 Å². The van der Waals surface area contributed by atoms with Crippen molar-refractivity contribution in [2.75, 3.05) is 31.6 Å². The third-order valence-corrected chi connectivity index (χ3v) is 7.73. The lowest BCUT2D eigenvalue weighted by atomic mass is 10.1. The van der Waals surface area contributed by atoms with Gasteiger partial charge in [-0.25, -0.2) is 13.2 Å². The summed E-state index contributed by atoms with van der Waals surface area (Å²) in [5.74, 6) is -1.58. The number of hydrogen-bond donors (Lipinski definition) is 2. The van der Waals surface area contributed by atoms with Crippen molar-refractivity contribution in [3.63, 3.8) is 0 Å². The number of esters is 1. The molecule has 11 heteroatoms. The molecule has 0 saturated carbocycles. The maximum atomic E-state index is 13.1. The van der Waals surface area contributed by atoms with Gasteiger partial charge >= 0.3 is 5.97 Å². The largest absolute Gasteiger partial charge is 0.448 e. The Hall–Kier alpha value is -3.02. The van der Waals surface area contributed by atoms with Crippen LogP contribution in [0.4, 0.5) is 5.69 Å². The minimum absolute atomic E-state index is 0.0890. The molecule has 0 spiro atoms. The average Bonchev–Trinajstić information content (AvgIpc) is 3.09. The van der Waals surface area contributed by atoms with Gasteiger partial charge in [0.25, 0.3) is 5.91 Å². The highest BCUT2D eigenvalue weighted by Gasteiger charge is 2.29. The summed E-state index contributed by atoms with van der Waals surface area (Å²) in [5, 5.41) is 2.60. The van der Waals surface area contributed by atoms with E-state index < -0.39 is 28.0 Å². The molecule has 2 heterocycles.